The number of carbonyl (C=O) groups excluding carboxylic acids is 3. The van der Waals surface area contributed by atoms with Gasteiger partial charge in [0.15, 0.2) is 0 Å². The lowest BCUT2D eigenvalue weighted by atomic mass is 9.66. The smallest absolute Gasteiger partial charge is 0.311 e. The molecule has 0 saturated carbocycles. The number of carbonyl (C=O) groups is 3. The molecule has 2 unspecified atom stereocenters. The van der Waals surface area contributed by atoms with Crippen molar-refractivity contribution in [2.45, 2.75) is 61.5 Å². The maximum atomic E-state index is 14.0. The van der Waals surface area contributed by atoms with Crippen LogP contribution in [0.5, 0.6) is 0 Å². The van der Waals surface area contributed by atoms with Crippen molar-refractivity contribution in [3.8, 4) is 0 Å². The van der Waals surface area contributed by atoms with Crippen LogP contribution >= 0.6 is 11.8 Å². The first-order valence-electron chi connectivity index (χ1n) is 12.9. The molecule has 0 radical (unpaired) electrons. The molecule has 2 amide bonds. The Hall–Kier alpha value is -2.58. The molecule has 3 fully saturated rings. The molecule has 3 heterocycles. The van der Waals surface area contributed by atoms with Crippen LogP contribution in [0.3, 0.4) is 0 Å². The molecule has 7 nitrogen and oxygen atoms in total. The van der Waals surface area contributed by atoms with Crippen LogP contribution < -0.4 is 5.32 Å². The van der Waals surface area contributed by atoms with Crippen molar-refractivity contribution in [1.29, 1.82) is 0 Å². The molecule has 192 valence electrons. The predicted octanol–water partition coefficient (Wildman–Crippen LogP) is 3.99. The number of anilines is 1. The SMILES string of the molecule is CCOC(=O)[C@H]1[C@H]2C(=O)N(CCCCCO)C(C(=O)Nc3ccc4ccccc4c3)C23CC[C@]1(C)S3. The fourth-order valence-corrected chi connectivity index (χ4v) is 8.95. The van der Waals surface area contributed by atoms with E-state index >= 15 is 0 Å². The van der Waals surface area contributed by atoms with E-state index < -0.39 is 27.4 Å². The van der Waals surface area contributed by atoms with Gasteiger partial charge in [-0.2, -0.15) is 0 Å². The Bertz CT molecular complexity index is 1190. The topological polar surface area (TPSA) is 95.9 Å². The van der Waals surface area contributed by atoms with E-state index in [1.54, 1.807) is 23.6 Å². The van der Waals surface area contributed by atoms with Crippen molar-refractivity contribution >= 4 is 46.0 Å². The number of likely N-dealkylation sites (tertiary alicyclic amines) is 1. The number of ether oxygens (including phenoxy) is 1. The van der Waals surface area contributed by atoms with E-state index in [0.29, 0.717) is 31.5 Å². The summed E-state index contributed by atoms with van der Waals surface area (Å²) in [6.45, 7) is 4.62. The quantitative estimate of drug-likeness (QED) is 0.391. The maximum absolute atomic E-state index is 14.0. The Labute approximate surface area is 215 Å². The van der Waals surface area contributed by atoms with Gasteiger partial charge < -0.3 is 20.1 Å². The number of aliphatic hydroxyl groups is 1. The highest BCUT2D eigenvalue weighted by Gasteiger charge is 2.77. The van der Waals surface area contributed by atoms with Crippen LogP contribution in [0.2, 0.25) is 0 Å². The third kappa shape index (κ3) is 3.98. The first-order valence-corrected chi connectivity index (χ1v) is 13.7. The Morgan fingerprint density at radius 3 is 2.67 bits per heavy atom. The number of nitrogens with one attached hydrogen (secondary N) is 1. The third-order valence-electron chi connectivity index (χ3n) is 8.14. The summed E-state index contributed by atoms with van der Waals surface area (Å²) in [6, 6.07) is 13.1. The zero-order valence-electron chi connectivity index (χ0n) is 20.9. The monoisotopic (exact) mass is 510 g/mol. The molecule has 1 spiro atoms. The summed E-state index contributed by atoms with van der Waals surface area (Å²) in [4.78, 5) is 42.7. The summed E-state index contributed by atoms with van der Waals surface area (Å²) in [7, 11) is 0. The minimum absolute atomic E-state index is 0.103. The fraction of sp³-hybridized carbons (Fsp3) is 0.536. The van der Waals surface area contributed by atoms with Gasteiger partial charge in [0, 0.05) is 23.6 Å². The number of hydrogen-bond acceptors (Lipinski definition) is 6. The van der Waals surface area contributed by atoms with Crippen molar-refractivity contribution in [1.82, 2.24) is 4.90 Å². The fourth-order valence-electron chi connectivity index (χ4n) is 6.60. The van der Waals surface area contributed by atoms with Gasteiger partial charge in [0.1, 0.15) is 6.04 Å². The molecule has 0 aliphatic carbocycles. The van der Waals surface area contributed by atoms with Crippen molar-refractivity contribution in [2.24, 2.45) is 11.8 Å². The number of benzene rings is 2. The number of thioether (sulfide) groups is 1. The molecule has 3 aliphatic heterocycles. The van der Waals surface area contributed by atoms with Crippen molar-refractivity contribution < 1.29 is 24.2 Å². The van der Waals surface area contributed by atoms with Gasteiger partial charge in [-0.05, 0) is 68.9 Å². The Morgan fingerprint density at radius 1 is 1.14 bits per heavy atom. The van der Waals surface area contributed by atoms with Crippen LogP contribution in [0.4, 0.5) is 5.69 Å². The van der Waals surface area contributed by atoms with Gasteiger partial charge in [-0.15, -0.1) is 11.8 Å². The van der Waals surface area contributed by atoms with Gasteiger partial charge in [0.05, 0.1) is 23.2 Å². The average molecular weight is 511 g/mol. The molecule has 2 aromatic carbocycles. The van der Waals surface area contributed by atoms with E-state index in [9.17, 15) is 19.5 Å². The number of hydrogen-bond donors (Lipinski definition) is 2. The van der Waals surface area contributed by atoms with Crippen LogP contribution in [0, 0.1) is 11.8 Å². The molecule has 5 rings (SSSR count). The lowest BCUT2D eigenvalue weighted by molar-refractivity contribution is -0.155. The van der Waals surface area contributed by atoms with Crippen LogP contribution in [0.1, 0.15) is 46.0 Å². The number of fused-ring (bicyclic) bond motifs is 2. The Kier molecular flexibility index (Phi) is 6.76. The summed E-state index contributed by atoms with van der Waals surface area (Å²) in [5.41, 5.74) is 0.692. The summed E-state index contributed by atoms with van der Waals surface area (Å²) in [5, 5.41) is 14.4. The van der Waals surface area contributed by atoms with Gasteiger partial charge in [-0.25, -0.2) is 0 Å². The van der Waals surface area contributed by atoms with Gasteiger partial charge in [-0.3, -0.25) is 14.4 Å². The largest absolute Gasteiger partial charge is 0.466 e. The molecule has 2 bridgehead atoms. The molecular weight excluding hydrogens is 476 g/mol. The Balaban J connectivity index is 1.48. The molecule has 3 saturated heterocycles. The van der Waals surface area contributed by atoms with Gasteiger partial charge >= 0.3 is 5.97 Å². The zero-order chi connectivity index (χ0) is 25.5. The lowest BCUT2D eigenvalue weighted by Gasteiger charge is -2.34. The summed E-state index contributed by atoms with van der Waals surface area (Å²) >= 11 is 1.65. The van der Waals surface area contributed by atoms with E-state index in [2.05, 4.69) is 5.32 Å². The molecule has 5 atom stereocenters. The number of aliphatic hydroxyl groups excluding tert-OH is 1. The van der Waals surface area contributed by atoms with E-state index in [1.807, 2.05) is 49.4 Å². The van der Waals surface area contributed by atoms with E-state index in [4.69, 9.17) is 4.74 Å². The first-order chi connectivity index (χ1) is 17.3. The lowest BCUT2D eigenvalue weighted by Crippen LogP contribution is -2.51. The number of unbranched alkanes of at least 4 members (excludes halogenated alkanes) is 2. The van der Waals surface area contributed by atoms with Gasteiger partial charge in [0.25, 0.3) is 0 Å². The van der Waals surface area contributed by atoms with Crippen LogP contribution in [0.25, 0.3) is 10.8 Å². The molecular formula is C28H34N2O5S. The number of rotatable bonds is 9. The minimum atomic E-state index is -0.665. The van der Waals surface area contributed by atoms with Crippen LogP contribution in [-0.2, 0) is 19.1 Å². The second kappa shape index (κ2) is 9.71. The molecule has 0 aromatic heterocycles. The highest BCUT2D eigenvalue weighted by atomic mass is 32.2. The minimum Gasteiger partial charge on any atom is -0.466 e. The van der Waals surface area contributed by atoms with Crippen LogP contribution in [0.15, 0.2) is 42.5 Å². The van der Waals surface area contributed by atoms with Crippen molar-refractivity contribution in [2.75, 3.05) is 25.1 Å². The van der Waals surface area contributed by atoms with E-state index in [-0.39, 0.29) is 31.0 Å². The second-order valence-corrected chi connectivity index (χ2v) is 12.2. The van der Waals surface area contributed by atoms with Gasteiger partial charge in [-0.1, -0.05) is 30.3 Å². The number of nitrogens with zero attached hydrogens (tertiary/aromatic N) is 1. The van der Waals surface area contributed by atoms with Crippen molar-refractivity contribution in [3.63, 3.8) is 0 Å². The molecule has 3 aliphatic rings. The highest BCUT2D eigenvalue weighted by Crippen LogP contribution is 2.71. The van der Waals surface area contributed by atoms with Gasteiger partial charge in [0.2, 0.25) is 11.8 Å². The zero-order valence-corrected chi connectivity index (χ0v) is 21.7. The van der Waals surface area contributed by atoms with Crippen LogP contribution in [-0.4, -0.2) is 63.1 Å². The summed E-state index contributed by atoms with van der Waals surface area (Å²) in [6.07, 6.45) is 3.60. The number of esters is 1. The predicted molar refractivity (Wildman–Crippen MR) is 141 cm³/mol. The third-order valence-corrected chi connectivity index (χ3v) is 10.1. The molecule has 2 N–H and O–H groups in total. The highest BCUT2D eigenvalue weighted by molar-refractivity contribution is 8.02. The van der Waals surface area contributed by atoms with Crippen molar-refractivity contribution in [3.05, 3.63) is 42.5 Å². The average Bonchev–Trinajstić information content (AvgIpc) is 3.42. The maximum Gasteiger partial charge on any atom is 0.311 e. The summed E-state index contributed by atoms with van der Waals surface area (Å²) < 4.78 is 4.35. The second-order valence-electron chi connectivity index (χ2n) is 10.3. The first kappa shape index (κ1) is 25.1. The number of amides is 2. The Morgan fingerprint density at radius 2 is 1.92 bits per heavy atom. The van der Waals surface area contributed by atoms with E-state index in [0.717, 1.165) is 23.6 Å². The summed E-state index contributed by atoms with van der Waals surface area (Å²) in [5.74, 6) is -1.77. The standard InChI is InChI=1S/C28H34N2O5S/c1-3-35-26(34)22-21-25(33)30(15-7-4-8-16-31)23(28(21)14-13-27(22,2)36-28)24(32)29-20-12-11-18-9-5-6-10-19(18)17-20/h5-6,9-12,17,21-23,31H,3-4,7-8,13-16H2,1-2H3,(H,29,32)/t21-,22+,23?,27-,28?/m0/s1. The molecule has 2 aromatic rings. The molecule has 8 heteroatoms. The molecule has 36 heavy (non-hydrogen) atoms. The normalized spacial score (nSPS) is 30.6. The van der Waals surface area contributed by atoms with E-state index in [1.165, 1.54) is 0 Å².